The fourth-order valence-corrected chi connectivity index (χ4v) is 1.88. The number of carbonyl (C=O) groups excluding carboxylic acids is 1. The molecule has 0 aliphatic rings. The highest BCUT2D eigenvalue weighted by atomic mass is 16.1. The quantitative estimate of drug-likeness (QED) is 0.626. The smallest absolute Gasteiger partial charge is 0.164 e. The van der Waals surface area contributed by atoms with Gasteiger partial charge >= 0.3 is 0 Å². The summed E-state index contributed by atoms with van der Waals surface area (Å²) in [6.07, 6.45) is 1.22. The van der Waals surface area contributed by atoms with Gasteiger partial charge < -0.3 is 0 Å². The van der Waals surface area contributed by atoms with Gasteiger partial charge in [-0.25, -0.2) is 0 Å². The summed E-state index contributed by atoms with van der Waals surface area (Å²) in [6.45, 7) is 11.9. The molecule has 86 valence electrons. The van der Waals surface area contributed by atoms with Crippen LogP contribution in [0.3, 0.4) is 0 Å². The summed E-state index contributed by atoms with van der Waals surface area (Å²) < 4.78 is 0. The first-order valence-electron chi connectivity index (χ1n) is 5.74. The van der Waals surface area contributed by atoms with Crippen molar-refractivity contribution in [1.82, 2.24) is 4.90 Å². The molecule has 0 aliphatic carbocycles. The van der Waals surface area contributed by atoms with Crippen LogP contribution in [-0.2, 0) is 4.79 Å². The van der Waals surface area contributed by atoms with Gasteiger partial charge in [-0.1, -0.05) is 26.7 Å². The molecule has 0 aromatic heterocycles. The first-order chi connectivity index (χ1) is 7.06. The predicted molar refractivity (Wildman–Crippen MR) is 64.7 cm³/mol. The lowest BCUT2D eigenvalue weighted by atomic mass is 9.89. The normalized spacial score (nSPS) is 14.3. The van der Waals surface area contributed by atoms with Gasteiger partial charge in [0.1, 0.15) is 0 Å². The monoisotopic (exact) mass is 209 g/mol. The molecule has 15 heavy (non-hydrogen) atoms. The van der Waals surface area contributed by atoms with Crippen LogP contribution in [0.25, 0.3) is 0 Å². The van der Waals surface area contributed by atoms with Crippen molar-refractivity contribution in [3.63, 3.8) is 0 Å². The lowest BCUT2D eigenvalue weighted by Gasteiger charge is -2.38. The molecule has 0 saturated heterocycles. The van der Waals surface area contributed by atoms with Crippen LogP contribution in [-0.4, -0.2) is 29.3 Å². The number of hydrogen-bond donors (Lipinski definition) is 0. The van der Waals surface area contributed by atoms with Crippen molar-refractivity contribution in [1.29, 1.82) is 0 Å². The number of carbonyl (C=O) groups is 1. The van der Waals surface area contributed by atoms with Gasteiger partial charge in [0.25, 0.3) is 0 Å². The molecule has 0 amide bonds. The third-order valence-corrected chi connectivity index (χ3v) is 3.18. The molecule has 0 aliphatic heterocycles. The second-order valence-corrected chi connectivity index (χ2v) is 3.83. The van der Waals surface area contributed by atoms with E-state index in [0.29, 0.717) is 6.42 Å². The van der Waals surface area contributed by atoms with Crippen molar-refractivity contribution in [3.05, 3.63) is 0 Å². The first kappa shape index (κ1) is 14.2. The molecule has 0 saturated carbocycles. The van der Waals surface area contributed by atoms with E-state index in [2.05, 4.69) is 37.5 Å². The summed E-state index contributed by atoms with van der Waals surface area (Å²) in [5, 5.41) is 0. The Morgan fingerprint density at radius 3 is 2.13 bits per heavy atom. The second-order valence-electron chi connectivity index (χ2n) is 3.83. The van der Waals surface area contributed by atoms with Gasteiger partial charge in [0.05, 0.1) is 12.0 Å². The lowest BCUT2D eigenvalue weighted by molar-refractivity contribution is -0.129. The Morgan fingerprint density at radius 2 is 1.80 bits per heavy atom. The van der Waals surface area contributed by atoms with Crippen LogP contribution in [0.15, 0.2) is 0 Å². The van der Waals surface area contributed by atoms with E-state index in [1.807, 2.05) is 6.92 Å². The van der Waals surface area contributed by atoms with Crippen molar-refractivity contribution < 1.29 is 4.79 Å². The van der Waals surface area contributed by atoms with Crippen LogP contribution >= 0.6 is 0 Å². The standard InChI is InChI=1S/C13H23NO/c1-6-10-11-12(15)13(5,7-2)14(8-3)9-4/h7-9,11H2,1-5H3. The van der Waals surface area contributed by atoms with E-state index in [1.54, 1.807) is 6.92 Å². The van der Waals surface area contributed by atoms with Gasteiger partial charge in [-0.2, -0.15) is 0 Å². The summed E-state index contributed by atoms with van der Waals surface area (Å²) in [5.41, 5.74) is -0.340. The van der Waals surface area contributed by atoms with Gasteiger partial charge in [0.2, 0.25) is 0 Å². The molecule has 1 atom stereocenters. The number of rotatable bonds is 6. The Bertz CT molecular complexity index is 257. The topological polar surface area (TPSA) is 20.3 Å². The van der Waals surface area contributed by atoms with Crippen LogP contribution in [0.4, 0.5) is 0 Å². The van der Waals surface area contributed by atoms with E-state index in [4.69, 9.17) is 0 Å². The number of likely N-dealkylation sites (N-methyl/N-ethyl adjacent to an activating group) is 1. The van der Waals surface area contributed by atoms with Gasteiger partial charge in [-0.3, -0.25) is 9.69 Å². The molecule has 0 heterocycles. The summed E-state index contributed by atoms with van der Waals surface area (Å²) in [4.78, 5) is 14.3. The van der Waals surface area contributed by atoms with E-state index in [-0.39, 0.29) is 11.3 Å². The molecule has 0 rings (SSSR count). The fourth-order valence-electron chi connectivity index (χ4n) is 1.88. The zero-order chi connectivity index (χ0) is 11.9. The first-order valence-corrected chi connectivity index (χ1v) is 5.74. The zero-order valence-electron chi connectivity index (χ0n) is 10.7. The third kappa shape index (κ3) is 3.35. The van der Waals surface area contributed by atoms with Gasteiger partial charge in [-0.05, 0) is 33.4 Å². The lowest BCUT2D eigenvalue weighted by Crippen LogP contribution is -2.51. The fraction of sp³-hybridized carbons (Fsp3) is 0.769. The Labute approximate surface area is 94.0 Å². The number of ketones is 1. The van der Waals surface area contributed by atoms with Gasteiger partial charge in [0, 0.05) is 0 Å². The predicted octanol–water partition coefficient (Wildman–Crippen LogP) is 2.48. The molecule has 0 radical (unpaired) electrons. The molecule has 0 bridgehead atoms. The maximum absolute atomic E-state index is 12.1. The Morgan fingerprint density at radius 1 is 1.27 bits per heavy atom. The van der Waals surface area contributed by atoms with Crippen LogP contribution in [0.5, 0.6) is 0 Å². The Hall–Kier alpha value is -0.810. The van der Waals surface area contributed by atoms with Crippen molar-refractivity contribution in [2.45, 2.75) is 53.0 Å². The van der Waals surface area contributed by atoms with Crippen LogP contribution < -0.4 is 0 Å². The molecule has 2 nitrogen and oxygen atoms in total. The molecule has 1 unspecified atom stereocenters. The zero-order valence-corrected chi connectivity index (χ0v) is 10.7. The molecule has 0 N–H and O–H groups in total. The highest BCUT2D eigenvalue weighted by Gasteiger charge is 2.34. The van der Waals surface area contributed by atoms with Crippen molar-refractivity contribution in [2.24, 2.45) is 0 Å². The van der Waals surface area contributed by atoms with Crippen molar-refractivity contribution in [2.75, 3.05) is 13.1 Å². The number of nitrogens with zero attached hydrogens (tertiary/aromatic N) is 1. The minimum absolute atomic E-state index is 0.239. The van der Waals surface area contributed by atoms with E-state index >= 15 is 0 Å². The van der Waals surface area contributed by atoms with E-state index < -0.39 is 0 Å². The summed E-state index contributed by atoms with van der Waals surface area (Å²) in [6, 6.07) is 0. The highest BCUT2D eigenvalue weighted by molar-refractivity contribution is 5.89. The molecule has 0 aromatic rings. The largest absolute Gasteiger partial charge is 0.297 e. The molecule has 0 aromatic carbocycles. The van der Waals surface area contributed by atoms with Crippen molar-refractivity contribution >= 4 is 5.78 Å². The number of hydrogen-bond acceptors (Lipinski definition) is 2. The van der Waals surface area contributed by atoms with Gasteiger partial charge in [0.15, 0.2) is 5.78 Å². The van der Waals surface area contributed by atoms with Crippen LogP contribution in [0.2, 0.25) is 0 Å². The van der Waals surface area contributed by atoms with Crippen LogP contribution in [0.1, 0.15) is 47.5 Å². The maximum Gasteiger partial charge on any atom is 0.164 e. The third-order valence-electron chi connectivity index (χ3n) is 3.18. The average Bonchev–Trinajstić information content (AvgIpc) is 2.26. The molecule has 0 spiro atoms. The molecule has 2 heteroatoms. The maximum atomic E-state index is 12.1. The van der Waals surface area contributed by atoms with Crippen molar-refractivity contribution in [3.8, 4) is 11.8 Å². The van der Waals surface area contributed by atoms with E-state index in [9.17, 15) is 4.79 Å². The minimum Gasteiger partial charge on any atom is -0.297 e. The van der Waals surface area contributed by atoms with E-state index in [0.717, 1.165) is 19.5 Å². The average molecular weight is 209 g/mol. The Balaban J connectivity index is 4.78. The van der Waals surface area contributed by atoms with Gasteiger partial charge in [-0.15, -0.1) is 5.92 Å². The molecule has 0 fully saturated rings. The molecular weight excluding hydrogens is 186 g/mol. The highest BCUT2D eigenvalue weighted by Crippen LogP contribution is 2.21. The second kappa shape index (κ2) is 6.63. The molecular formula is C13H23NO. The Kier molecular flexibility index (Phi) is 6.27. The number of Topliss-reactive ketones (excluding diaryl/α,β-unsaturated/α-hetero) is 1. The summed E-state index contributed by atoms with van der Waals surface area (Å²) in [7, 11) is 0. The summed E-state index contributed by atoms with van der Waals surface area (Å²) in [5.74, 6) is 5.88. The summed E-state index contributed by atoms with van der Waals surface area (Å²) >= 11 is 0. The van der Waals surface area contributed by atoms with E-state index in [1.165, 1.54) is 0 Å². The van der Waals surface area contributed by atoms with Crippen LogP contribution in [0, 0.1) is 11.8 Å². The minimum atomic E-state index is -0.340. The SMILES string of the molecule is CC#CCC(=O)C(C)(CC)N(CC)CC.